The molecule has 1 atom stereocenters. The van der Waals surface area contributed by atoms with Crippen LogP contribution < -0.4 is 5.32 Å². The van der Waals surface area contributed by atoms with Gasteiger partial charge in [-0.1, -0.05) is 6.92 Å². The van der Waals surface area contributed by atoms with Gasteiger partial charge in [0.1, 0.15) is 5.69 Å². The van der Waals surface area contributed by atoms with Gasteiger partial charge in [0.25, 0.3) is 5.91 Å². The van der Waals surface area contributed by atoms with Crippen molar-refractivity contribution in [3.05, 3.63) is 18.0 Å². The van der Waals surface area contributed by atoms with E-state index >= 15 is 0 Å². The molecule has 2 fully saturated rings. The molecule has 1 amide bonds. The molecule has 2 N–H and O–H groups in total. The Morgan fingerprint density at radius 2 is 2.17 bits per heavy atom. The molecule has 134 valence electrons. The fourth-order valence-electron chi connectivity index (χ4n) is 4.06. The van der Waals surface area contributed by atoms with Gasteiger partial charge in [0.05, 0.1) is 11.6 Å². The zero-order valence-corrected chi connectivity index (χ0v) is 14.9. The average molecular weight is 334 g/mol. The minimum Gasteiger partial charge on any atom is -0.389 e. The summed E-state index contributed by atoms with van der Waals surface area (Å²) in [7, 11) is 1.62. The van der Waals surface area contributed by atoms with E-state index in [1.54, 1.807) is 13.1 Å². The lowest BCUT2D eigenvalue weighted by atomic mass is 9.79. The molecule has 2 heterocycles. The van der Waals surface area contributed by atoms with E-state index in [1.807, 2.05) is 10.9 Å². The standard InChI is InChI=1S/C18H30N4O2/c1-14-5-8-18(24,9-6-14)13-21-10-3-4-15(12-21)22-11-7-16(20-22)17(23)19-2/h7,11,14-15,24H,3-6,8-10,12-13H2,1-2H3,(H,19,23)/t14?,15-,18?/m0/s1. The Morgan fingerprint density at radius 3 is 2.88 bits per heavy atom. The smallest absolute Gasteiger partial charge is 0.271 e. The second-order valence-electron chi connectivity index (χ2n) is 7.70. The second-order valence-corrected chi connectivity index (χ2v) is 7.70. The molecule has 0 spiro atoms. The van der Waals surface area contributed by atoms with Crippen LogP contribution in [0.4, 0.5) is 0 Å². The first kappa shape index (κ1) is 17.4. The first-order chi connectivity index (χ1) is 11.5. The van der Waals surface area contributed by atoms with Gasteiger partial charge in [-0.25, -0.2) is 0 Å². The molecule has 1 saturated carbocycles. The number of aromatic nitrogens is 2. The minimum absolute atomic E-state index is 0.146. The van der Waals surface area contributed by atoms with E-state index in [9.17, 15) is 9.90 Å². The van der Waals surface area contributed by atoms with Crippen molar-refractivity contribution in [1.29, 1.82) is 0 Å². The van der Waals surface area contributed by atoms with Crippen LogP contribution >= 0.6 is 0 Å². The van der Waals surface area contributed by atoms with Crippen molar-refractivity contribution in [1.82, 2.24) is 20.0 Å². The molecular formula is C18H30N4O2. The third-order valence-corrected chi connectivity index (χ3v) is 5.65. The quantitative estimate of drug-likeness (QED) is 0.881. The predicted octanol–water partition coefficient (Wildman–Crippen LogP) is 1.82. The van der Waals surface area contributed by atoms with Crippen molar-refractivity contribution in [3.8, 4) is 0 Å². The lowest BCUT2D eigenvalue weighted by molar-refractivity contribution is -0.0421. The van der Waals surface area contributed by atoms with E-state index in [1.165, 1.54) is 0 Å². The van der Waals surface area contributed by atoms with Crippen LogP contribution in [0.15, 0.2) is 12.3 Å². The minimum atomic E-state index is -0.522. The summed E-state index contributed by atoms with van der Waals surface area (Å²) in [5.74, 6) is 0.596. The third-order valence-electron chi connectivity index (χ3n) is 5.65. The van der Waals surface area contributed by atoms with Crippen LogP contribution in [0.2, 0.25) is 0 Å². The Kier molecular flexibility index (Phi) is 5.25. The molecule has 1 aliphatic carbocycles. The number of amides is 1. The van der Waals surface area contributed by atoms with E-state index in [4.69, 9.17) is 0 Å². The van der Waals surface area contributed by atoms with Crippen molar-refractivity contribution in [2.24, 2.45) is 5.92 Å². The number of rotatable bonds is 4. The first-order valence-corrected chi connectivity index (χ1v) is 9.21. The molecule has 0 unspecified atom stereocenters. The Balaban J connectivity index is 1.60. The average Bonchev–Trinajstić information content (AvgIpc) is 3.07. The third kappa shape index (κ3) is 3.98. The number of carbonyl (C=O) groups excluding carboxylic acids is 1. The molecule has 1 aliphatic heterocycles. The summed E-state index contributed by atoms with van der Waals surface area (Å²) in [6.45, 7) is 4.97. The summed E-state index contributed by atoms with van der Waals surface area (Å²) in [5, 5.41) is 17.9. The summed E-state index contributed by atoms with van der Waals surface area (Å²) in [6, 6.07) is 2.05. The molecule has 0 bridgehead atoms. The number of β-amino-alcohol motifs (C(OH)–C–C–N with tert-alkyl or cyclic N) is 1. The molecule has 1 saturated heterocycles. The van der Waals surface area contributed by atoms with E-state index in [-0.39, 0.29) is 11.9 Å². The van der Waals surface area contributed by atoms with Crippen LogP contribution in [0.1, 0.15) is 62.0 Å². The van der Waals surface area contributed by atoms with Crippen molar-refractivity contribution in [2.75, 3.05) is 26.7 Å². The fourth-order valence-corrected chi connectivity index (χ4v) is 4.06. The molecule has 0 aromatic carbocycles. The number of likely N-dealkylation sites (tertiary alicyclic amines) is 1. The van der Waals surface area contributed by atoms with Gasteiger partial charge in [-0.15, -0.1) is 0 Å². The van der Waals surface area contributed by atoms with Crippen LogP contribution in [-0.2, 0) is 0 Å². The lowest BCUT2D eigenvalue weighted by Gasteiger charge is -2.41. The lowest BCUT2D eigenvalue weighted by Crippen LogP contribution is -2.48. The summed E-state index contributed by atoms with van der Waals surface area (Å²) in [6.07, 6.45) is 8.16. The van der Waals surface area contributed by atoms with E-state index < -0.39 is 5.60 Å². The topological polar surface area (TPSA) is 70.4 Å². The van der Waals surface area contributed by atoms with E-state index in [2.05, 4.69) is 22.2 Å². The van der Waals surface area contributed by atoms with Crippen LogP contribution in [0, 0.1) is 5.92 Å². The summed E-state index contributed by atoms with van der Waals surface area (Å²) >= 11 is 0. The summed E-state index contributed by atoms with van der Waals surface area (Å²) in [5.41, 5.74) is -0.0549. The monoisotopic (exact) mass is 334 g/mol. The highest BCUT2D eigenvalue weighted by atomic mass is 16.3. The number of nitrogens with zero attached hydrogens (tertiary/aromatic N) is 3. The Morgan fingerprint density at radius 1 is 1.42 bits per heavy atom. The molecule has 2 aliphatic rings. The maximum atomic E-state index is 11.7. The number of aliphatic hydroxyl groups is 1. The van der Waals surface area contributed by atoms with Gasteiger partial charge in [-0.05, 0) is 57.1 Å². The highest BCUT2D eigenvalue weighted by Crippen LogP contribution is 2.33. The van der Waals surface area contributed by atoms with Gasteiger partial charge in [-0.2, -0.15) is 5.10 Å². The van der Waals surface area contributed by atoms with Crippen molar-refractivity contribution in [3.63, 3.8) is 0 Å². The SMILES string of the molecule is CNC(=O)c1ccn([C@H]2CCCN(CC3(O)CCC(C)CC3)C2)n1. The number of hydrogen-bond donors (Lipinski definition) is 2. The molecule has 1 aromatic rings. The second kappa shape index (κ2) is 7.23. The molecule has 24 heavy (non-hydrogen) atoms. The number of hydrogen-bond acceptors (Lipinski definition) is 4. The molecule has 1 aromatic heterocycles. The number of piperidine rings is 1. The van der Waals surface area contributed by atoms with Crippen LogP contribution in [0.5, 0.6) is 0 Å². The van der Waals surface area contributed by atoms with Gasteiger partial charge in [0.2, 0.25) is 0 Å². The van der Waals surface area contributed by atoms with Gasteiger partial charge in [-0.3, -0.25) is 14.4 Å². The molecule has 3 rings (SSSR count). The fraction of sp³-hybridized carbons (Fsp3) is 0.778. The van der Waals surface area contributed by atoms with Crippen molar-refractivity contribution < 1.29 is 9.90 Å². The summed E-state index contributed by atoms with van der Waals surface area (Å²) < 4.78 is 1.92. The number of carbonyl (C=O) groups is 1. The highest BCUT2D eigenvalue weighted by Gasteiger charge is 2.35. The van der Waals surface area contributed by atoms with Gasteiger partial charge in [0.15, 0.2) is 0 Å². The number of nitrogens with one attached hydrogen (secondary N) is 1. The predicted molar refractivity (Wildman–Crippen MR) is 92.9 cm³/mol. The molecule has 0 radical (unpaired) electrons. The van der Waals surface area contributed by atoms with Crippen molar-refractivity contribution in [2.45, 2.75) is 57.1 Å². The first-order valence-electron chi connectivity index (χ1n) is 9.21. The highest BCUT2D eigenvalue weighted by molar-refractivity contribution is 5.91. The maximum absolute atomic E-state index is 11.7. The van der Waals surface area contributed by atoms with E-state index in [0.717, 1.165) is 64.1 Å². The van der Waals surface area contributed by atoms with Crippen LogP contribution in [0.3, 0.4) is 0 Å². The molecular weight excluding hydrogens is 304 g/mol. The molecule has 6 nitrogen and oxygen atoms in total. The Labute approximate surface area is 144 Å². The maximum Gasteiger partial charge on any atom is 0.271 e. The van der Waals surface area contributed by atoms with Crippen LogP contribution in [0.25, 0.3) is 0 Å². The Bertz CT molecular complexity index is 563. The normalized spacial score (nSPS) is 31.8. The zero-order chi connectivity index (χ0) is 17.2. The largest absolute Gasteiger partial charge is 0.389 e. The van der Waals surface area contributed by atoms with E-state index in [0.29, 0.717) is 5.69 Å². The Hall–Kier alpha value is -1.40. The van der Waals surface area contributed by atoms with Crippen LogP contribution in [-0.4, -0.2) is 58.0 Å². The van der Waals surface area contributed by atoms with Crippen molar-refractivity contribution >= 4 is 5.91 Å². The van der Waals surface area contributed by atoms with Gasteiger partial charge in [0, 0.05) is 26.3 Å². The summed E-state index contributed by atoms with van der Waals surface area (Å²) in [4.78, 5) is 14.1. The van der Waals surface area contributed by atoms with Gasteiger partial charge < -0.3 is 10.4 Å². The molecule has 6 heteroatoms. The zero-order valence-electron chi connectivity index (χ0n) is 14.9. The van der Waals surface area contributed by atoms with Gasteiger partial charge >= 0.3 is 0 Å².